The smallest absolute Gasteiger partial charge is 0.410 e. The number of methoxy groups -OCH3 is 2. The summed E-state index contributed by atoms with van der Waals surface area (Å²) in [4.78, 5) is 44.0. The molecule has 0 atom stereocenters. The zero-order chi connectivity index (χ0) is 31.2. The Labute approximate surface area is 254 Å². The molecule has 2 aromatic rings. The second-order valence-electron chi connectivity index (χ2n) is 11.3. The van der Waals surface area contributed by atoms with Crippen molar-refractivity contribution in [1.82, 2.24) is 14.7 Å². The van der Waals surface area contributed by atoms with Crippen LogP contribution in [-0.2, 0) is 27.4 Å². The van der Waals surface area contributed by atoms with E-state index in [2.05, 4.69) is 0 Å². The number of benzene rings is 2. The predicted molar refractivity (Wildman–Crippen MR) is 161 cm³/mol. The van der Waals surface area contributed by atoms with Crippen molar-refractivity contribution in [3.8, 4) is 11.5 Å². The van der Waals surface area contributed by atoms with Gasteiger partial charge in [0.15, 0.2) is 0 Å². The molecule has 43 heavy (non-hydrogen) atoms. The summed E-state index contributed by atoms with van der Waals surface area (Å²) in [5.41, 5.74) is 1.03. The van der Waals surface area contributed by atoms with Crippen LogP contribution in [-0.4, -0.2) is 92.1 Å². The van der Waals surface area contributed by atoms with Gasteiger partial charge < -0.3 is 38.4 Å². The summed E-state index contributed by atoms with van der Waals surface area (Å²) in [6, 6.07) is 14.6. The number of amides is 3. The molecule has 1 aliphatic rings. The normalized spacial score (nSPS) is 15.0. The van der Waals surface area contributed by atoms with E-state index in [1.165, 1.54) is 0 Å². The van der Waals surface area contributed by atoms with E-state index in [0.717, 1.165) is 22.6 Å². The topological polar surface area (TPSA) is 107 Å². The van der Waals surface area contributed by atoms with E-state index in [0.29, 0.717) is 58.5 Å². The lowest BCUT2D eigenvalue weighted by Crippen LogP contribution is -2.43. The highest BCUT2D eigenvalue weighted by molar-refractivity contribution is 5.69. The number of rotatable bonds is 6. The first-order valence-corrected chi connectivity index (χ1v) is 14.6. The fourth-order valence-corrected chi connectivity index (χ4v) is 4.48. The van der Waals surface area contributed by atoms with Crippen LogP contribution in [0.3, 0.4) is 0 Å². The van der Waals surface area contributed by atoms with Gasteiger partial charge in [-0.25, -0.2) is 14.4 Å². The zero-order valence-electron chi connectivity index (χ0n) is 26.0. The van der Waals surface area contributed by atoms with Gasteiger partial charge in [0, 0.05) is 39.3 Å². The Morgan fingerprint density at radius 1 is 0.581 bits per heavy atom. The third-order valence-electron chi connectivity index (χ3n) is 6.78. The van der Waals surface area contributed by atoms with Gasteiger partial charge in [-0.05, 0) is 75.4 Å². The number of hydrogen-bond acceptors (Lipinski definition) is 8. The van der Waals surface area contributed by atoms with Crippen molar-refractivity contribution in [3.63, 3.8) is 0 Å². The second kappa shape index (κ2) is 16.5. The summed E-state index contributed by atoms with van der Waals surface area (Å²) in [6.45, 7) is 8.06. The van der Waals surface area contributed by atoms with Crippen LogP contribution in [0.1, 0.15) is 51.2 Å². The molecule has 1 fully saturated rings. The molecule has 0 bridgehead atoms. The molecule has 3 amide bonds. The Morgan fingerprint density at radius 2 is 0.907 bits per heavy atom. The third-order valence-corrected chi connectivity index (χ3v) is 6.78. The Hall–Kier alpha value is -4.15. The minimum Gasteiger partial charge on any atom is -0.497 e. The van der Waals surface area contributed by atoms with Crippen LogP contribution in [0.5, 0.6) is 11.5 Å². The lowest BCUT2D eigenvalue weighted by Gasteiger charge is -2.31. The molecule has 0 radical (unpaired) electrons. The minimum atomic E-state index is -0.643. The molecule has 1 aliphatic heterocycles. The largest absolute Gasteiger partial charge is 0.497 e. The molecule has 11 heteroatoms. The fraction of sp³-hybridized carbons (Fsp3) is 0.531. The molecule has 1 heterocycles. The molecule has 1 saturated heterocycles. The predicted octanol–water partition coefficient (Wildman–Crippen LogP) is 5.70. The van der Waals surface area contributed by atoms with Crippen molar-refractivity contribution >= 4 is 18.3 Å². The maximum Gasteiger partial charge on any atom is 0.410 e. The molecule has 0 unspecified atom stereocenters. The molecule has 0 spiro atoms. The second-order valence-corrected chi connectivity index (χ2v) is 11.3. The quantitative estimate of drug-likeness (QED) is 0.389. The van der Waals surface area contributed by atoms with Gasteiger partial charge in [0.05, 0.1) is 14.2 Å². The molecule has 3 rings (SSSR count). The molecule has 2 aromatic carbocycles. The standard InChI is InChI=1S/C32H45N3O8/c1-32(2,3)43-31(38)35-21-7-19-33(29(36)41-23-25-9-13-27(39-4)14-10-25)17-6-18-34(20-8-22-35)30(37)42-24-26-11-15-28(40-5)16-12-26/h9-16H,6-8,17-24H2,1-5H3. The molecule has 0 aliphatic carbocycles. The first-order valence-electron chi connectivity index (χ1n) is 14.6. The lowest BCUT2D eigenvalue weighted by molar-refractivity contribution is 0.0231. The summed E-state index contributed by atoms with van der Waals surface area (Å²) in [5, 5.41) is 0. The van der Waals surface area contributed by atoms with E-state index in [1.807, 2.05) is 69.3 Å². The van der Waals surface area contributed by atoms with E-state index in [9.17, 15) is 14.4 Å². The van der Waals surface area contributed by atoms with Crippen LogP contribution in [0.2, 0.25) is 0 Å². The summed E-state index contributed by atoms with van der Waals surface area (Å²) in [7, 11) is 3.19. The van der Waals surface area contributed by atoms with Gasteiger partial charge in [0.1, 0.15) is 30.3 Å². The maximum absolute atomic E-state index is 13.1. The number of ether oxygens (including phenoxy) is 5. The SMILES string of the molecule is COc1ccc(COC(=O)N2CCCN(C(=O)OCc3ccc(OC)cc3)CCCN(C(=O)OC(C)(C)C)CCC2)cc1. The summed E-state index contributed by atoms with van der Waals surface area (Å²) in [6.07, 6.45) is 0.336. The first kappa shape index (κ1) is 33.4. The molecule has 0 saturated carbocycles. The van der Waals surface area contributed by atoms with Crippen LogP contribution in [0.25, 0.3) is 0 Å². The number of nitrogens with zero attached hydrogens (tertiary/aromatic N) is 3. The first-order chi connectivity index (χ1) is 20.6. The van der Waals surface area contributed by atoms with Gasteiger partial charge in [0.25, 0.3) is 0 Å². The van der Waals surface area contributed by atoms with Crippen LogP contribution in [0.4, 0.5) is 14.4 Å². The van der Waals surface area contributed by atoms with Crippen molar-refractivity contribution in [3.05, 3.63) is 59.7 Å². The van der Waals surface area contributed by atoms with Crippen LogP contribution < -0.4 is 9.47 Å². The average Bonchev–Trinajstić information content (AvgIpc) is 2.98. The number of carbonyl (C=O) groups excluding carboxylic acids is 3. The molecule has 236 valence electrons. The Morgan fingerprint density at radius 3 is 1.21 bits per heavy atom. The molecule has 0 N–H and O–H groups in total. The van der Waals surface area contributed by atoms with Crippen LogP contribution in [0.15, 0.2) is 48.5 Å². The molecular formula is C32H45N3O8. The Bertz CT molecular complexity index is 1090. The van der Waals surface area contributed by atoms with Gasteiger partial charge >= 0.3 is 18.3 Å². The summed E-state index contributed by atoms with van der Waals surface area (Å²) < 4.78 is 27.2. The van der Waals surface area contributed by atoms with E-state index in [4.69, 9.17) is 23.7 Å². The van der Waals surface area contributed by atoms with Crippen LogP contribution in [0, 0.1) is 0 Å². The minimum absolute atomic E-state index is 0.118. The Balaban J connectivity index is 1.66. The van der Waals surface area contributed by atoms with E-state index in [-0.39, 0.29) is 13.2 Å². The Kier molecular flexibility index (Phi) is 12.8. The maximum atomic E-state index is 13.1. The highest BCUT2D eigenvalue weighted by atomic mass is 16.6. The van der Waals surface area contributed by atoms with Crippen molar-refractivity contribution in [2.45, 2.75) is 58.8 Å². The highest BCUT2D eigenvalue weighted by Crippen LogP contribution is 2.16. The van der Waals surface area contributed by atoms with Gasteiger partial charge in [-0.2, -0.15) is 0 Å². The highest BCUT2D eigenvalue weighted by Gasteiger charge is 2.25. The molecule has 11 nitrogen and oxygen atoms in total. The lowest BCUT2D eigenvalue weighted by atomic mass is 10.2. The monoisotopic (exact) mass is 599 g/mol. The van der Waals surface area contributed by atoms with E-state index < -0.39 is 23.9 Å². The summed E-state index contributed by atoms with van der Waals surface area (Å²) >= 11 is 0. The van der Waals surface area contributed by atoms with Crippen molar-refractivity contribution in [2.75, 3.05) is 53.5 Å². The van der Waals surface area contributed by atoms with Gasteiger partial charge in [-0.15, -0.1) is 0 Å². The van der Waals surface area contributed by atoms with Crippen molar-refractivity contribution < 1.29 is 38.1 Å². The van der Waals surface area contributed by atoms with Crippen molar-refractivity contribution in [1.29, 1.82) is 0 Å². The number of hydrogen-bond donors (Lipinski definition) is 0. The number of carbonyl (C=O) groups is 3. The molecular weight excluding hydrogens is 554 g/mol. The summed E-state index contributed by atoms with van der Waals surface area (Å²) in [5.74, 6) is 1.44. The van der Waals surface area contributed by atoms with Crippen molar-refractivity contribution in [2.24, 2.45) is 0 Å². The van der Waals surface area contributed by atoms with Gasteiger partial charge in [-0.1, -0.05) is 24.3 Å². The van der Waals surface area contributed by atoms with Gasteiger partial charge in [-0.3, -0.25) is 0 Å². The van der Waals surface area contributed by atoms with Crippen LogP contribution >= 0.6 is 0 Å². The zero-order valence-corrected chi connectivity index (χ0v) is 26.0. The van der Waals surface area contributed by atoms with Gasteiger partial charge in [0.2, 0.25) is 0 Å². The third kappa shape index (κ3) is 11.6. The molecule has 0 aromatic heterocycles. The fourth-order valence-electron chi connectivity index (χ4n) is 4.48. The average molecular weight is 600 g/mol. The van der Waals surface area contributed by atoms with E-state index in [1.54, 1.807) is 28.9 Å². The van der Waals surface area contributed by atoms with E-state index >= 15 is 0 Å².